The second-order valence-corrected chi connectivity index (χ2v) is 4.12. The van der Waals surface area contributed by atoms with Crippen molar-refractivity contribution in [3.8, 4) is 11.5 Å². The fourth-order valence-corrected chi connectivity index (χ4v) is 2.38. The molecule has 2 rings (SSSR count). The average molecular weight is 221 g/mol. The fourth-order valence-electron chi connectivity index (χ4n) is 2.38. The predicted molar refractivity (Wildman–Crippen MR) is 64.4 cm³/mol. The van der Waals surface area contributed by atoms with E-state index in [0.717, 1.165) is 24.6 Å². The number of hydrogen-bond acceptors (Lipinski definition) is 3. The van der Waals surface area contributed by atoms with Gasteiger partial charge in [-0.1, -0.05) is 6.07 Å². The normalized spacial score (nSPS) is 20.5. The van der Waals surface area contributed by atoms with Crippen molar-refractivity contribution in [1.29, 1.82) is 0 Å². The van der Waals surface area contributed by atoms with E-state index in [9.17, 15) is 0 Å². The molecule has 0 saturated carbocycles. The maximum absolute atomic E-state index is 5.43. The average Bonchev–Trinajstić information content (AvgIpc) is 2.38. The van der Waals surface area contributed by atoms with Crippen molar-refractivity contribution in [1.82, 2.24) is 5.32 Å². The standard InChI is InChI=1S/C13H19NO2/c1-15-11-6-3-7-12(16-2)13(11)10-5-4-8-14-9-10/h3,6-7,10,14H,4-5,8-9H2,1-2H3. The van der Waals surface area contributed by atoms with E-state index in [0.29, 0.717) is 5.92 Å². The van der Waals surface area contributed by atoms with Crippen molar-refractivity contribution in [2.75, 3.05) is 27.3 Å². The van der Waals surface area contributed by atoms with Crippen molar-refractivity contribution < 1.29 is 9.47 Å². The lowest BCUT2D eigenvalue weighted by molar-refractivity contribution is 0.364. The monoisotopic (exact) mass is 221 g/mol. The van der Waals surface area contributed by atoms with Gasteiger partial charge in [-0.2, -0.15) is 0 Å². The highest BCUT2D eigenvalue weighted by Gasteiger charge is 2.22. The summed E-state index contributed by atoms with van der Waals surface area (Å²) in [6.07, 6.45) is 2.41. The first kappa shape index (κ1) is 11.3. The van der Waals surface area contributed by atoms with Crippen LogP contribution in [0.3, 0.4) is 0 Å². The highest BCUT2D eigenvalue weighted by atomic mass is 16.5. The van der Waals surface area contributed by atoms with E-state index >= 15 is 0 Å². The Labute approximate surface area is 96.8 Å². The summed E-state index contributed by atoms with van der Waals surface area (Å²) in [7, 11) is 3.43. The minimum atomic E-state index is 0.500. The Kier molecular flexibility index (Phi) is 3.67. The Morgan fingerprint density at radius 2 is 1.88 bits per heavy atom. The van der Waals surface area contributed by atoms with E-state index in [4.69, 9.17) is 9.47 Å². The summed E-state index contributed by atoms with van der Waals surface area (Å²) >= 11 is 0. The van der Waals surface area contributed by atoms with E-state index in [2.05, 4.69) is 5.32 Å². The summed E-state index contributed by atoms with van der Waals surface area (Å²) in [5.74, 6) is 2.38. The number of rotatable bonds is 3. The van der Waals surface area contributed by atoms with Crippen LogP contribution in [-0.2, 0) is 0 Å². The molecule has 88 valence electrons. The Bertz CT molecular complexity index is 324. The molecule has 3 nitrogen and oxygen atoms in total. The molecule has 1 saturated heterocycles. The molecule has 1 aliphatic rings. The zero-order valence-corrected chi connectivity index (χ0v) is 9.95. The summed E-state index contributed by atoms with van der Waals surface area (Å²) in [4.78, 5) is 0. The van der Waals surface area contributed by atoms with Gasteiger partial charge in [-0.3, -0.25) is 0 Å². The van der Waals surface area contributed by atoms with E-state index < -0.39 is 0 Å². The first-order valence-electron chi connectivity index (χ1n) is 5.78. The van der Waals surface area contributed by atoms with Crippen LogP contribution in [0.4, 0.5) is 0 Å². The molecule has 0 aromatic heterocycles. The number of hydrogen-bond donors (Lipinski definition) is 1. The summed E-state index contributed by atoms with van der Waals surface area (Å²) in [5, 5.41) is 3.42. The van der Waals surface area contributed by atoms with Gasteiger partial charge in [0.1, 0.15) is 11.5 Å². The zero-order valence-electron chi connectivity index (χ0n) is 9.95. The van der Waals surface area contributed by atoms with Gasteiger partial charge in [0.25, 0.3) is 0 Å². The molecular weight excluding hydrogens is 202 g/mol. The van der Waals surface area contributed by atoms with Gasteiger partial charge < -0.3 is 14.8 Å². The maximum Gasteiger partial charge on any atom is 0.126 e. The van der Waals surface area contributed by atoms with Crippen LogP contribution in [0.2, 0.25) is 0 Å². The van der Waals surface area contributed by atoms with Crippen molar-refractivity contribution in [2.45, 2.75) is 18.8 Å². The summed E-state index contributed by atoms with van der Waals surface area (Å²) in [6, 6.07) is 5.98. The molecule has 1 aliphatic heterocycles. The second-order valence-electron chi connectivity index (χ2n) is 4.12. The van der Waals surface area contributed by atoms with Gasteiger partial charge in [-0.05, 0) is 31.5 Å². The number of methoxy groups -OCH3 is 2. The van der Waals surface area contributed by atoms with Crippen LogP contribution >= 0.6 is 0 Å². The molecule has 0 radical (unpaired) electrons. The van der Waals surface area contributed by atoms with Crippen molar-refractivity contribution in [2.24, 2.45) is 0 Å². The van der Waals surface area contributed by atoms with Gasteiger partial charge in [0, 0.05) is 18.0 Å². The molecule has 1 N–H and O–H groups in total. The molecule has 0 aliphatic carbocycles. The van der Waals surface area contributed by atoms with Crippen LogP contribution in [0, 0.1) is 0 Å². The minimum Gasteiger partial charge on any atom is -0.496 e. The van der Waals surface area contributed by atoms with Gasteiger partial charge in [-0.25, -0.2) is 0 Å². The quantitative estimate of drug-likeness (QED) is 0.848. The largest absolute Gasteiger partial charge is 0.496 e. The molecule has 1 aromatic rings. The molecule has 1 aromatic carbocycles. The molecule has 3 heteroatoms. The van der Waals surface area contributed by atoms with Crippen molar-refractivity contribution in [3.05, 3.63) is 23.8 Å². The smallest absolute Gasteiger partial charge is 0.126 e. The molecule has 0 bridgehead atoms. The van der Waals surface area contributed by atoms with E-state index in [-0.39, 0.29) is 0 Å². The van der Waals surface area contributed by atoms with Crippen LogP contribution in [0.5, 0.6) is 11.5 Å². The third-order valence-corrected chi connectivity index (χ3v) is 3.17. The van der Waals surface area contributed by atoms with E-state index in [1.807, 2.05) is 18.2 Å². The second kappa shape index (κ2) is 5.21. The topological polar surface area (TPSA) is 30.5 Å². The molecule has 0 amide bonds. The Hall–Kier alpha value is -1.22. The van der Waals surface area contributed by atoms with Crippen LogP contribution in [0.25, 0.3) is 0 Å². The molecule has 0 spiro atoms. The molecular formula is C13H19NO2. The van der Waals surface area contributed by atoms with Gasteiger partial charge in [0.15, 0.2) is 0 Å². The van der Waals surface area contributed by atoms with Crippen LogP contribution in [0.1, 0.15) is 24.3 Å². The SMILES string of the molecule is COc1cccc(OC)c1C1CCCNC1. The number of benzene rings is 1. The third-order valence-electron chi connectivity index (χ3n) is 3.17. The Balaban J connectivity index is 2.34. The molecule has 1 fully saturated rings. The predicted octanol–water partition coefficient (Wildman–Crippen LogP) is 2.17. The Morgan fingerprint density at radius 3 is 2.38 bits per heavy atom. The lowest BCUT2D eigenvalue weighted by Crippen LogP contribution is -2.28. The van der Waals surface area contributed by atoms with Gasteiger partial charge in [-0.15, -0.1) is 0 Å². The first-order valence-corrected chi connectivity index (χ1v) is 5.78. The molecule has 1 atom stereocenters. The third kappa shape index (κ3) is 2.14. The molecule has 1 heterocycles. The highest BCUT2D eigenvalue weighted by Crippen LogP contribution is 2.37. The lowest BCUT2D eigenvalue weighted by Gasteiger charge is -2.26. The van der Waals surface area contributed by atoms with Crippen molar-refractivity contribution in [3.63, 3.8) is 0 Å². The highest BCUT2D eigenvalue weighted by molar-refractivity contribution is 5.47. The molecule has 16 heavy (non-hydrogen) atoms. The molecule has 1 unspecified atom stereocenters. The van der Waals surface area contributed by atoms with E-state index in [1.54, 1.807) is 14.2 Å². The van der Waals surface area contributed by atoms with Gasteiger partial charge in [0.2, 0.25) is 0 Å². The number of ether oxygens (including phenoxy) is 2. The number of nitrogens with one attached hydrogen (secondary N) is 1. The Morgan fingerprint density at radius 1 is 1.19 bits per heavy atom. The summed E-state index contributed by atoms with van der Waals surface area (Å²) < 4.78 is 10.9. The maximum atomic E-state index is 5.43. The number of piperidine rings is 1. The minimum absolute atomic E-state index is 0.500. The van der Waals surface area contributed by atoms with Crippen LogP contribution in [-0.4, -0.2) is 27.3 Å². The van der Waals surface area contributed by atoms with Crippen LogP contribution in [0.15, 0.2) is 18.2 Å². The zero-order chi connectivity index (χ0) is 11.4. The lowest BCUT2D eigenvalue weighted by atomic mass is 9.90. The first-order chi connectivity index (χ1) is 7.86. The fraction of sp³-hybridized carbons (Fsp3) is 0.538. The van der Waals surface area contributed by atoms with Gasteiger partial charge >= 0.3 is 0 Å². The van der Waals surface area contributed by atoms with E-state index in [1.165, 1.54) is 18.4 Å². The summed E-state index contributed by atoms with van der Waals surface area (Å²) in [6.45, 7) is 2.13. The van der Waals surface area contributed by atoms with Crippen LogP contribution < -0.4 is 14.8 Å². The van der Waals surface area contributed by atoms with Gasteiger partial charge in [0.05, 0.1) is 14.2 Å². The summed E-state index contributed by atoms with van der Waals surface area (Å²) in [5.41, 5.74) is 1.21. The van der Waals surface area contributed by atoms with Crippen molar-refractivity contribution >= 4 is 0 Å².